The highest BCUT2D eigenvalue weighted by atomic mass is 16.2. The Bertz CT molecular complexity index is 1390. The van der Waals surface area contributed by atoms with Gasteiger partial charge in [-0.3, -0.25) is 9.59 Å². The van der Waals surface area contributed by atoms with E-state index in [1.165, 1.54) is 4.90 Å². The van der Waals surface area contributed by atoms with Gasteiger partial charge >= 0.3 is 0 Å². The van der Waals surface area contributed by atoms with Crippen LogP contribution in [0.15, 0.2) is 90.1 Å². The predicted octanol–water partition coefficient (Wildman–Crippen LogP) is 2.99. The van der Waals surface area contributed by atoms with Crippen LogP contribution < -0.4 is 16.0 Å². The molecule has 0 spiro atoms. The Labute approximate surface area is 197 Å². The lowest BCUT2D eigenvalue weighted by Crippen LogP contribution is -2.51. The molecule has 0 saturated heterocycles. The SMILES string of the molecule is CN1C(=O)C(NC(=O)[C@@H](N)Cc2c[nH]c3ccccc23)N=C(c2ccccc2)c2ccccc21. The zero-order valence-electron chi connectivity index (χ0n) is 18.7. The van der Waals surface area contributed by atoms with Gasteiger partial charge in [0.05, 0.1) is 17.4 Å². The summed E-state index contributed by atoms with van der Waals surface area (Å²) in [6.07, 6.45) is 1.11. The summed E-state index contributed by atoms with van der Waals surface area (Å²) in [5.74, 6) is -0.759. The third-order valence-corrected chi connectivity index (χ3v) is 6.12. The monoisotopic (exact) mass is 451 g/mol. The van der Waals surface area contributed by atoms with Crippen LogP contribution in [0.1, 0.15) is 16.7 Å². The summed E-state index contributed by atoms with van der Waals surface area (Å²) < 4.78 is 0. The average Bonchev–Trinajstić information content (AvgIpc) is 3.24. The second kappa shape index (κ2) is 8.96. The molecule has 1 aromatic heterocycles. The molecule has 34 heavy (non-hydrogen) atoms. The van der Waals surface area contributed by atoms with Crippen molar-refractivity contribution in [1.29, 1.82) is 0 Å². The number of fused-ring (bicyclic) bond motifs is 2. The summed E-state index contributed by atoms with van der Waals surface area (Å²) in [4.78, 5) is 35.8. The first kappa shape index (κ1) is 21.6. The molecule has 5 rings (SSSR count). The smallest absolute Gasteiger partial charge is 0.272 e. The number of nitrogens with zero attached hydrogens (tertiary/aromatic N) is 2. The number of nitrogens with two attached hydrogens (primary N) is 1. The Morgan fingerprint density at radius 2 is 1.76 bits per heavy atom. The molecule has 0 bridgehead atoms. The van der Waals surface area contributed by atoms with Crippen molar-refractivity contribution in [1.82, 2.24) is 10.3 Å². The quantitative estimate of drug-likeness (QED) is 0.435. The van der Waals surface area contributed by atoms with E-state index >= 15 is 0 Å². The van der Waals surface area contributed by atoms with Crippen LogP contribution in [0.2, 0.25) is 0 Å². The maximum absolute atomic E-state index is 13.3. The molecule has 1 aliphatic heterocycles. The van der Waals surface area contributed by atoms with Crippen molar-refractivity contribution < 1.29 is 9.59 Å². The first-order valence-corrected chi connectivity index (χ1v) is 11.1. The van der Waals surface area contributed by atoms with Crippen LogP contribution in [-0.2, 0) is 16.0 Å². The number of anilines is 1. The van der Waals surface area contributed by atoms with E-state index in [1.54, 1.807) is 7.05 Å². The Balaban J connectivity index is 1.44. The molecule has 0 aliphatic carbocycles. The third-order valence-electron chi connectivity index (χ3n) is 6.12. The zero-order chi connectivity index (χ0) is 23.7. The van der Waals surface area contributed by atoms with Crippen molar-refractivity contribution in [2.24, 2.45) is 10.7 Å². The van der Waals surface area contributed by atoms with Crippen molar-refractivity contribution in [3.63, 3.8) is 0 Å². The molecule has 2 amide bonds. The maximum Gasteiger partial charge on any atom is 0.272 e. The van der Waals surface area contributed by atoms with E-state index in [0.29, 0.717) is 12.1 Å². The molecule has 170 valence electrons. The van der Waals surface area contributed by atoms with Crippen molar-refractivity contribution in [3.05, 3.63) is 102 Å². The van der Waals surface area contributed by atoms with E-state index in [4.69, 9.17) is 10.7 Å². The lowest BCUT2D eigenvalue weighted by atomic mass is 10.0. The van der Waals surface area contributed by atoms with Crippen LogP contribution in [0, 0.1) is 0 Å². The minimum absolute atomic E-state index is 0.328. The van der Waals surface area contributed by atoms with E-state index in [0.717, 1.165) is 33.3 Å². The molecular formula is C27H25N5O2. The predicted molar refractivity (Wildman–Crippen MR) is 134 cm³/mol. The lowest BCUT2D eigenvalue weighted by molar-refractivity contribution is -0.128. The number of aromatic amines is 1. The fourth-order valence-electron chi connectivity index (χ4n) is 4.31. The molecule has 0 radical (unpaired) electrons. The molecule has 2 heterocycles. The number of para-hydroxylation sites is 2. The third kappa shape index (κ3) is 3.97. The van der Waals surface area contributed by atoms with Gasteiger partial charge in [0.2, 0.25) is 12.1 Å². The van der Waals surface area contributed by atoms with E-state index in [1.807, 2.05) is 85.1 Å². The number of benzodiazepines with no additional fused rings is 1. The van der Waals surface area contributed by atoms with Gasteiger partial charge in [-0.05, 0) is 24.1 Å². The molecule has 3 aromatic carbocycles. The van der Waals surface area contributed by atoms with Gasteiger partial charge in [-0.1, -0.05) is 66.7 Å². The van der Waals surface area contributed by atoms with Gasteiger partial charge in [0.25, 0.3) is 5.91 Å². The number of H-pyrrole nitrogens is 1. The fourth-order valence-corrected chi connectivity index (χ4v) is 4.31. The summed E-state index contributed by atoms with van der Waals surface area (Å²) in [6.45, 7) is 0. The van der Waals surface area contributed by atoms with E-state index in [9.17, 15) is 9.59 Å². The second-order valence-electron chi connectivity index (χ2n) is 8.34. The van der Waals surface area contributed by atoms with Gasteiger partial charge in [-0.2, -0.15) is 0 Å². The van der Waals surface area contributed by atoms with Crippen molar-refractivity contribution in [2.45, 2.75) is 18.6 Å². The molecule has 0 saturated carbocycles. The zero-order valence-corrected chi connectivity index (χ0v) is 18.7. The Kier molecular flexibility index (Phi) is 5.69. The van der Waals surface area contributed by atoms with Crippen LogP contribution in [-0.4, -0.2) is 41.8 Å². The van der Waals surface area contributed by atoms with E-state index in [2.05, 4.69) is 10.3 Å². The maximum atomic E-state index is 13.3. The topological polar surface area (TPSA) is 104 Å². The highest BCUT2D eigenvalue weighted by Crippen LogP contribution is 2.27. The van der Waals surface area contributed by atoms with Crippen molar-refractivity contribution >= 4 is 34.1 Å². The van der Waals surface area contributed by atoms with Crippen molar-refractivity contribution in [2.75, 3.05) is 11.9 Å². The van der Waals surface area contributed by atoms with E-state index in [-0.39, 0.29) is 5.91 Å². The Hall–Kier alpha value is -4.23. The highest BCUT2D eigenvalue weighted by Gasteiger charge is 2.32. The van der Waals surface area contributed by atoms with Crippen LogP contribution in [0.5, 0.6) is 0 Å². The molecule has 7 nitrogen and oxygen atoms in total. The van der Waals surface area contributed by atoms with Gasteiger partial charge in [-0.15, -0.1) is 0 Å². The van der Waals surface area contributed by atoms with Gasteiger partial charge in [0.1, 0.15) is 0 Å². The molecular weight excluding hydrogens is 426 g/mol. The van der Waals surface area contributed by atoms with Gasteiger partial charge in [-0.25, -0.2) is 4.99 Å². The van der Waals surface area contributed by atoms with Crippen LogP contribution in [0.3, 0.4) is 0 Å². The van der Waals surface area contributed by atoms with Gasteiger partial charge < -0.3 is 20.9 Å². The first-order chi connectivity index (χ1) is 16.5. The lowest BCUT2D eigenvalue weighted by Gasteiger charge is -2.22. The van der Waals surface area contributed by atoms with Crippen LogP contribution in [0.4, 0.5) is 5.69 Å². The van der Waals surface area contributed by atoms with Crippen molar-refractivity contribution in [3.8, 4) is 0 Å². The summed E-state index contributed by atoms with van der Waals surface area (Å²) in [6, 6.07) is 24.2. The molecule has 1 aliphatic rings. The van der Waals surface area contributed by atoms with Gasteiger partial charge in [0.15, 0.2) is 0 Å². The summed E-state index contributed by atoms with van der Waals surface area (Å²) in [5, 5.41) is 3.81. The fraction of sp³-hybridized carbons (Fsp3) is 0.148. The Morgan fingerprint density at radius 3 is 2.59 bits per heavy atom. The van der Waals surface area contributed by atoms with Gasteiger partial charge in [0, 0.05) is 35.3 Å². The van der Waals surface area contributed by atoms with E-state index < -0.39 is 18.1 Å². The summed E-state index contributed by atoms with van der Waals surface area (Å²) in [7, 11) is 1.69. The minimum Gasteiger partial charge on any atom is -0.361 e. The average molecular weight is 452 g/mol. The number of amides is 2. The largest absolute Gasteiger partial charge is 0.361 e. The molecule has 1 unspecified atom stereocenters. The molecule has 0 fully saturated rings. The number of aromatic nitrogens is 1. The number of nitrogens with one attached hydrogen (secondary N) is 2. The van der Waals surface area contributed by atoms with Crippen LogP contribution >= 0.6 is 0 Å². The Morgan fingerprint density at radius 1 is 1.06 bits per heavy atom. The summed E-state index contributed by atoms with van der Waals surface area (Å²) >= 11 is 0. The number of likely N-dealkylation sites (N-methyl/N-ethyl adjacent to an activating group) is 1. The normalized spacial score (nSPS) is 16.5. The number of hydrogen-bond donors (Lipinski definition) is 3. The summed E-state index contributed by atoms with van der Waals surface area (Å²) in [5.41, 5.74) is 11.3. The highest BCUT2D eigenvalue weighted by molar-refractivity contribution is 6.20. The minimum atomic E-state index is -1.09. The number of benzene rings is 3. The van der Waals surface area contributed by atoms with Crippen LogP contribution in [0.25, 0.3) is 10.9 Å². The number of aliphatic imine (C=N–C) groups is 1. The number of hydrogen-bond acceptors (Lipinski definition) is 4. The molecule has 4 aromatic rings. The molecule has 2 atom stereocenters. The molecule has 7 heteroatoms. The number of carbonyl (C=O) groups excluding carboxylic acids is 2. The first-order valence-electron chi connectivity index (χ1n) is 11.1. The molecule has 4 N–H and O–H groups in total. The number of rotatable bonds is 5. The number of carbonyl (C=O) groups is 2. The second-order valence-corrected chi connectivity index (χ2v) is 8.34. The standard InChI is InChI=1S/C27H25N5O2/c1-32-23-14-8-6-12-20(23)24(17-9-3-2-4-10-17)30-25(27(32)34)31-26(33)21(28)15-18-16-29-22-13-7-5-11-19(18)22/h2-14,16,21,25,29H,15,28H2,1H3,(H,31,33)/t21-,25?/m0/s1.